The minimum absolute atomic E-state index is 0.0950. The molecule has 6 nitrogen and oxygen atoms in total. The van der Waals surface area contributed by atoms with Gasteiger partial charge in [-0.1, -0.05) is 0 Å². The van der Waals surface area contributed by atoms with Crippen LogP contribution in [0.1, 0.15) is 25.7 Å². The summed E-state index contributed by atoms with van der Waals surface area (Å²) in [4.78, 5) is 22.0. The highest BCUT2D eigenvalue weighted by Gasteiger charge is 2.04. The topological polar surface area (TPSA) is 105 Å². The Morgan fingerprint density at radius 1 is 0.812 bits per heavy atom. The van der Waals surface area contributed by atoms with E-state index in [1.807, 2.05) is 0 Å². The number of carbonyl (C=O) groups is 2. The lowest BCUT2D eigenvalue weighted by Gasteiger charge is -2.05. The molecule has 0 aromatic rings. The number of rotatable bonds is 9. The Morgan fingerprint density at radius 3 is 1.50 bits per heavy atom. The van der Waals surface area contributed by atoms with Gasteiger partial charge in [-0.25, -0.2) is 0 Å². The molecular weight excluding hydrogens is 212 g/mol. The van der Waals surface area contributed by atoms with Crippen molar-refractivity contribution in [3.8, 4) is 0 Å². The Kier molecular flexibility index (Phi) is 9.64. The molecule has 16 heavy (non-hydrogen) atoms. The summed E-state index contributed by atoms with van der Waals surface area (Å²) in [6.45, 7) is 1.11. The molecule has 0 aromatic heterocycles. The molecule has 0 heterocycles. The fraction of sp³-hybridized carbons (Fsp3) is 0.800. The molecule has 0 spiro atoms. The van der Waals surface area contributed by atoms with E-state index < -0.39 is 0 Å². The van der Waals surface area contributed by atoms with Gasteiger partial charge in [0.15, 0.2) is 0 Å². The quantitative estimate of drug-likeness (QED) is 0.412. The summed E-state index contributed by atoms with van der Waals surface area (Å²) in [7, 11) is 0. The first-order valence-corrected chi connectivity index (χ1v) is 5.42. The fourth-order valence-electron chi connectivity index (χ4n) is 0.948. The van der Waals surface area contributed by atoms with Crippen LogP contribution in [0.2, 0.25) is 0 Å². The summed E-state index contributed by atoms with van der Waals surface area (Å²) in [6.07, 6.45) is 1.82. The van der Waals surface area contributed by atoms with Crippen LogP contribution in [0, 0.1) is 0 Å². The van der Waals surface area contributed by atoms with Crippen LogP contribution in [0.5, 0.6) is 0 Å². The highest BCUT2D eigenvalue weighted by Crippen LogP contribution is 1.93. The minimum atomic E-state index is -0.316. The van der Waals surface area contributed by atoms with E-state index in [4.69, 9.17) is 20.9 Å². The molecule has 0 aliphatic rings. The number of nitrogens with two attached hydrogens (primary N) is 2. The second-order valence-electron chi connectivity index (χ2n) is 3.23. The minimum Gasteiger partial charge on any atom is -0.462 e. The zero-order valence-corrected chi connectivity index (χ0v) is 9.44. The summed E-state index contributed by atoms with van der Waals surface area (Å²) < 4.78 is 9.61. The summed E-state index contributed by atoms with van der Waals surface area (Å²) >= 11 is 0. The van der Waals surface area contributed by atoms with E-state index >= 15 is 0 Å². The third-order valence-electron chi connectivity index (χ3n) is 1.78. The SMILES string of the molecule is NCCCC(=O)OCCOC(=O)CCCN. The van der Waals surface area contributed by atoms with Gasteiger partial charge in [-0.2, -0.15) is 0 Å². The van der Waals surface area contributed by atoms with Crippen molar-refractivity contribution < 1.29 is 19.1 Å². The Bertz CT molecular complexity index is 187. The van der Waals surface area contributed by atoms with E-state index in [9.17, 15) is 9.59 Å². The fourth-order valence-corrected chi connectivity index (χ4v) is 0.948. The summed E-state index contributed by atoms with van der Waals surface area (Å²) in [5.41, 5.74) is 10.5. The van der Waals surface area contributed by atoms with Crippen molar-refractivity contribution in [1.29, 1.82) is 0 Å². The molecule has 0 rings (SSSR count). The average molecular weight is 232 g/mol. The molecule has 0 aliphatic heterocycles. The van der Waals surface area contributed by atoms with Crippen LogP contribution in [0.15, 0.2) is 0 Å². The predicted octanol–water partition coefficient (Wildman–Crippen LogP) is -0.449. The van der Waals surface area contributed by atoms with Crippen molar-refractivity contribution >= 4 is 11.9 Å². The van der Waals surface area contributed by atoms with Crippen LogP contribution < -0.4 is 11.5 Å². The molecule has 0 aliphatic carbocycles. The van der Waals surface area contributed by atoms with E-state index in [0.29, 0.717) is 38.8 Å². The van der Waals surface area contributed by atoms with E-state index in [-0.39, 0.29) is 25.2 Å². The zero-order chi connectivity index (χ0) is 12.2. The Labute approximate surface area is 95.3 Å². The first-order chi connectivity index (χ1) is 7.70. The molecule has 0 saturated heterocycles. The maximum atomic E-state index is 11.0. The van der Waals surface area contributed by atoms with Gasteiger partial charge in [0.25, 0.3) is 0 Å². The molecule has 0 atom stereocenters. The average Bonchev–Trinajstić information content (AvgIpc) is 2.29. The van der Waals surface area contributed by atoms with Crippen LogP contribution in [-0.4, -0.2) is 38.2 Å². The third kappa shape index (κ3) is 9.42. The number of carbonyl (C=O) groups excluding carboxylic acids is 2. The van der Waals surface area contributed by atoms with Crippen molar-refractivity contribution in [2.75, 3.05) is 26.3 Å². The Balaban J connectivity index is 3.31. The molecule has 0 saturated carbocycles. The van der Waals surface area contributed by atoms with Gasteiger partial charge in [0.05, 0.1) is 0 Å². The van der Waals surface area contributed by atoms with Crippen molar-refractivity contribution in [2.45, 2.75) is 25.7 Å². The summed E-state index contributed by atoms with van der Waals surface area (Å²) in [5, 5.41) is 0. The van der Waals surface area contributed by atoms with Crippen LogP contribution in [-0.2, 0) is 19.1 Å². The zero-order valence-electron chi connectivity index (χ0n) is 9.44. The van der Waals surface area contributed by atoms with Crippen molar-refractivity contribution in [1.82, 2.24) is 0 Å². The second kappa shape index (κ2) is 10.4. The van der Waals surface area contributed by atoms with Crippen molar-refractivity contribution in [2.24, 2.45) is 11.5 Å². The van der Waals surface area contributed by atoms with Crippen LogP contribution >= 0.6 is 0 Å². The van der Waals surface area contributed by atoms with Crippen molar-refractivity contribution in [3.05, 3.63) is 0 Å². The highest BCUT2D eigenvalue weighted by molar-refractivity contribution is 5.70. The van der Waals surface area contributed by atoms with Gasteiger partial charge >= 0.3 is 11.9 Å². The maximum Gasteiger partial charge on any atom is 0.305 e. The van der Waals surface area contributed by atoms with Crippen LogP contribution in [0.25, 0.3) is 0 Å². The molecule has 6 heteroatoms. The van der Waals surface area contributed by atoms with E-state index in [0.717, 1.165) is 0 Å². The second-order valence-corrected chi connectivity index (χ2v) is 3.23. The molecule has 0 radical (unpaired) electrons. The normalized spacial score (nSPS) is 9.88. The smallest absolute Gasteiger partial charge is 0.305 e. The van der Waals surface area contributed by atoms with Gasteiger partial charge in [0, 0.05) is 12.8 Å². The molecular formula is C10H20N2O4. The van der Waals surface area contributed by atoms with Gasteiger partial charge in [-0.05, 0) is 25.9 Å². The van der Waals surface area contributed by atoms with Crippen molar-refractivity contribution in [3.63, 3.8) is 0 Å². The van der Waals surface area contributed by atoms with Gasteiger partial charge < -0.3 is 20.9 Å². The molecule has 94 valence electrons. The monoisotopic (exact) mass is 232 g/mol. The van der Waals surface area contributed by atoms with Gasteiger partial charge in [0.2, 0.25) is 0 Å². The van der Waals surface area contributed by atoms with E-state index in [1.165, 1.54) is 0 Å². The standard InChI is InChI=1S/C10H20N2O4/c11-5-1-3-9(13)15-7-8-16-10(14)4-2-6-12/h1-8,11-12H2. The third-order valence-corrected chi connectivity index (χ3v) is 1.78. The van der Waals surface area contributed by atoms with Gasteiger partial charge in [-0.15, -0.1) is 0 Å². The molecule has 0 aromatic carbocycles. The summed E-state index contributed by atoms with van der Waals surface area (Å²) in [6, 6.07) is 0. The molecule has 0 unspecified atom stereocenters. The Morgan fingerprint density at radius 2 is 1.19 bits per heavy atom. The van der Waals surface area contributed by atoms with Crippen LogP contribution in [0.3, 0.4) is 0 Å². The van der Waals surface area contributed by atoms with E-state index in [1.54, 1.807) is 0 Å². The lowest BCUT2D eigenvalue weighted by molar-refractivity contribution is -0.152. The molecule has 0 fully saturated rings. The first-order valence-electron chi connectivity index (χ1n) is 5.42. The number of hydrogen-bond acceptors (Lipinski definition) is 6. The maximum absolute atomic E-state index is 11.0. The van der Waals surface area contributed by atoms with Gasteiger partial charge in [0.1, 0.15) is 13.2 Å². The van der Waals surface area contributed by atoms with Crippen LogP contribution in [0.4, 0.5) is 0 Å². The molecule has 0 amide bonds. The largest absolute Gasteiger partial charge is 0.462 e. The lowest BCUT2D eigenvalue weighted by atomic mass is 10.3. The lowest BCUT2D eigenvalue weighted by Crippen LogP contribution is -2.15. The number of ether oxygens (including phenoxy) is 2. The number of esters is 2. The van der Waals surface area contributed by atoms with Gasteiger partial charge in [-0.3, -0.25) is 9.59 Å². The van der Waals surface area contributed by atoms with E-state index in [2.05, 4.69) is 0 Å². The predicted molar refractivity (Wildman–Crippen MR) is 58.5 cm³/mol. The highest BCUT2D eigenvalue weighted by atomic mass is 16.6. The molecule has 0 bridgehead atoms. The summed E-state index contributed by atoms with van der Waals surface area (Å²) in [5.74, 6) is -0.632. The molecule has 4 N–H and O–H groups in total. The first kappa shape index (κ1) is 14.9. The Hall–Kier alpha value is -1.14. The number of hydrogen-bond donors (Lipinski definition) is 2.